The highest BCUT2D eigenvalue weighted by atomic mass is 16.4. The van der Waals surface area contributed by atoms with Gasteiger partial charge in [-0.3, -0.25) is 0 Å². The molecule has 3 nitrogen and oxygen atoms in total. The zero-order valence-corrected chi connectivity index (χ0v) is 26.0. The average Bonchev–Trinajstić information content (AvgIpc) is 2.95. The molecule has 3 saturated carbocycles. The van der Waals surface area contributed by atoms with Gasteiger partial charge in [0.1, 0.15) is 0 Å². The van der Waals surface area contributed by atoms with Gasteiger partial charge in [0.2, 0.25) is 0 Å². The van der Waals surface area contributed by atoms with Gasteiger partial charge in [-0.25, -0.2) is 4.79 Å². The maximum absolute atomic E-state index is 9.25. The lowest BCUT2D eigenvalue weighted by atomic mass is 10.0. The fraction of sp³-hybridized carbons (Fsp3) is 0.914. The maximum Gasteiger partial charge on any atom is 0.327 e. The van der Waals surface area contributed by atoms with Gasteiger partial charge in [-0.15, -0.1) is 0 Å². The molecule has 228 valence electrons. The minimum absolute atomic E-state index is 0.250. The van der Waals surface area contributed by atoms with E-state index in [0.717, 1.165) is 6.08 Å². The predicted octanol–water partition coefficient (Wildman–Crippen LogP) is 12.0. The van der Waals surface area contributed by atoms with Crippen LogP contribution in [0, 0.1) is 0 Å². The molecule has 0 aromatic carbocycles. The summed E-state index contributed by atoms with van der Waals surface area (Å²) in [4.78, 5) is 9.25. The van der Waals surface area contributed by atoms with Gasteiger partial charge in [0, 0.05) is 12.7 Å². The molecule has 3 rings (SSSR count). The SMILES string of the molecule is C1CCCCCCCCC1.C1CCCCCCCCC1.C1CCCCCCCCC1.C=CC(=O)O.CCO. The first-order chi connectivity index (χ1) is 18.7. The normalized spacial score (nSPS) is 20.3. The third-order valence-corrected chi connectivity index (χ3v) is 7.67. The molecule has 0 atom stereocenters. The van der Waals surface area contributed by atoms with Gasteiger partial charge < -0.3 is 10.2 Å². The van der Waals surface area contributed by atoms with Crippen molar-refractivity contribution in [2.75, 3.05) is 6.61 Å². The molecule has 0 amide bonds. The van der Waals surface area contributed by atoms with E-state index < -0.39 is 5.97 Å². The lowest BCUT2D eigenvalue weighted by Crippen LogP contribution is -1.85. The Labute approximate surface area is 239 Å². The van der Waals surface area contributed by atoms with E-state index in [-0.39, 0.29) is 6.61 Å². The van der Waals surface area contributed by atoms with Crippen LogP contribution in [0.15, 0.2) is 12.7 Å². The fourth-order valence-electron chi connectivity index (χ4n) is 5.30. The van der Waals surface area contributed by atoms with Crippen molar-refractivity contribution in [3.8, 4) is 0 Å². The quantitative estimate of drug-likeness (QED) is 0.326. The van der Waals surface area contributed by atoms with Crippen molar-refractivity contribution in [3.05, 3.63) is 12.7 Å². The molecule has 3 aliphatic rings. The Kier molecular flexibility index (Phi) is 39.6. The lowest BCUT2D eigenvalue weighted by molar-refractivity contribution is -0.131. The summed E-state index contributed by atoms with van der Waals surface area (Å²) in [6, 6.07) is 0. The Morgan fingerprint density at radius 2 is 0.500 bits per heavy atom. The van der Waals surface area contributed by atoms with Crippen molar-refractivity contribution in [2.24, 2.45) is 0 Å². The van der Waals surface area contributed by atoms with Crippen LogP contribution in [-0.2, 0) is 4.79 Å². The Balaban J connectivity index is 0. The Hall–Kier alpha value is -0.830. The van der Waals surface area contributed by atoms with Crippen LogP contribution in [0.3, 0.4) is 0 Å². The van der Waals surface area contributed by atoms with E-state index in [9.17, 15) is 4.79 Å². The molecule has 3 heteroatoms. The molecule has 0 saturated heterocycles. The molecule has 0 radical (unpaired) electrons. The van der Waals surface area contributed by atoms with E-state index in [0.29, 0.717) is 0 Å². The highest BCUT2D eigenvalue weighted by Gasteiger charge is 1.97. The fourth-order valence-corrected chi connectivity index (χ4v) is 5.30. The van der Waals surface area contributed by atoms with Crippen LogP contribution in [0.25, 0.3) is 0 Å². The van der Waals surface area contributed by atoms with Crippen molar-refractivity contribution >= 4 is 5.97 Å². The summed E-state index contributed by atoms with van der Waals surface area (Å²) < 4.78 is 0. The van der Waals surface area contributed by atoms with Crippen molar-refractivity contribution in [1.82, 2.24) is 0 Å². The first-order valence-corrected chi connectivity index (χ1v) is 17.1. The van der Waals surface area contributed by atoms with E-state index in [4.69, 9.17) is 10.2 Å². The second kappa shape index (κ2) is 38.3. The topological polar surface area (TPSA) is 57.5 Å². The highest BCUT2D eigenvalue weighted by Crippen LogP contribution is 2.17. The predicted molar refractivity (Wildman–Crippen MR) is 169 cm³/mol. The number of carboxylic acids is 1. The third kappa shape index (κ3) is 42.3. The molecule has 0 unspecified atom stereocenters. The van der Waals surface area contributed by atoms with Gasteiger partial charge in [0.05, 0.1) is 0 Å². The zero-order chi connectivity index (χ0) is 28.2. The summed E-state index contributed by atoms with van der Waals surface area (Å²) in [7, 11) is 0. The molecule has 0 bridgehead atoms. The van der Waals surface area contributed by atoms with E-state index in [2.05, 4.69) is 6.58 Å². The van der Waals surface area contributed by atoms with Crippen LogP contribution in [0.4, 0.5) is 0 Å². The molecular weight excluding hydrogens is 468 g/mol. The van der Waals surface area contributed by atoms with E-state index >= 15 is 0 Å². The molecule has 0 spiro atoms. The van der Waals surface area contributed by atoms with Crippen molar-refractivity contribution in [3.63, 3.8) is 0 Å². The first-order valence-electron chi connectivity index (χ1n) is 17.1. The van der Waals surface area contributed by atoms with Crippen LogP contribution in [0.5, 0.6) is 0 Å². The molecule has 3 fully saturated rings. The van der Waals surface area contributed by atoms with Gasteiger partial charge in [0.15, 0.2) is 0 Å². The van der Waals surface area contributed by atoms with E-state index in [1.54, 1.807) is 6.92 Å². The van der Waals surface area contributed by atoms with E-state index in [1.807, 2.05) is 0 Å². The summed E-state index contributed by atoms with van der Waals surface area (Å²) in [5.74, 6) is -0.981. The van der Waals surface area contributed by atoms with Gasteiger partial charge in [0.25, 0.3) is 0 Å². The molecule has 0 heterocycles. The Bertz CT molecular complexity index is 288. The zero-order valence-electron chi connectivity index (χ0n) is 26.0. The highest BCUT2D eigenvalue weighted by molar-refractivity contribution is 5.78. The number of aliphatic hydroxyl groups is 1. The number of aliphatic carboxylic acids is 1. The van der Waals surface area contributed by atoms with Gasteiger partial charge >= 0.3 is 5.97 Å². The number of carboxylic acid groups (broad SMARTS) is 1. The summed E-state index contributed by atoms with van der Waals surface area (Å²) in [6.45, 7) is 4.89. The molecular formula is C35H70O3. The molecule has 2 N–H and O–H groups in total. The van der Waals surface area contributed by atoms with Crippen LogP contribution in [0.1, 0.15) is 200 Å². The Morgan fingerprint density at radius 3 is 0.526 bits per heavy atom. The number of hydrogen-bond donors (Lipinski definition) is 2. The average molecular weight is 539 g/mol. The number of carbonyl (C=O) groups is 1. The van der Waals surface area contributed by atoms with Crippen molar-refractivity contribution in [2.45, 2.75) is 200 Å². The van der Waals surface area contributed by atoms with Gasteiger partial charge in [-0.05, 0) is 6.92 Å². The van der Waals surface area contributed by atoms with E-state index in [1.165, 1.54) is 193 Å². The second-order valence-electron chi connectivity index (χ2n) is 11.5. The number of aliphatic hydroxyl groups excluding tert-OH is 1. The minimum Gasteiger partial charge on any atom is -0.478 e. The first kappa shape index (κ1) is 39.3. The van der Waals surface area contributed by atoms with Crippen molar-refractivity contribution < 1.29 is 15.0 Å². The van der Waals surface area contributed by atoms with Crippen LogP contribution >= 0.6 is 0 Å². The molecule has 0 aromatic rings. The summed E-state index contributed by atoms with van der Waals surface area (Å²) in [5, 5.41) is 15.2. The van der Waals surface area contributed by atoms with Crippen molar-refractivity contribution in [1.29, 1.82) is 0 Å². The number of hydrogen-bond acceptors (Lipinski definition) is 2. The maximum atomic E-state index is 9.25. The van der Waals surface area contributed by atoms with Gasteiger partial charge in [-0.1, -0.05) is 199 Å². The van der Waals surface area contributed by atoms with Crippen LogP contribution in [-0.4, -0.2) is 22.8 Å². The third-order valence-electron chi connectivity index (χ3n) is 7.67. The van der Waals surface area contributed by atoms with Gasteiger partial charge in [-0.2, -0.15) is 0 Å². The van der Waals surface area contributed by atoms with Crippen LogP contribution < -0.4 is 0 Å². The monoisotopic (exact) mass is 539 g/mol. The minimum atomic E-state index is -0.981. The number of rotatable bonds is 1. The lowest BCUT2D eigenvalue weighted by Gasteiger charge is -2.05. The smallest absolute Gasteiger partial charge is 0.327 e. The standard InChI is InChI=1S/3C10H20.C3H4O2.C2H6O/c3*1-2-4-6-8-10-9-7-5-3-1;1-2-3(4)5;1-2-3/h3*1-10H2;2H,1H2,(H,4,5);3H,2H2,1H3. The van der Waals surface area contributed by atoms with Crippen LogP contribution in [0.2, 0.25) is 0 Å². The Morgan fingerprint density at radius 1 is 0.447 bits per heavy atom. The molecule has 0 aromatic heterocycles. The summed E-state index contributed by atoms with van der Waals surface area (Å²) >= 11 is 0. The second-order valence-corrected chi connectivity index (χ2v) is 11.5. The summed E-state index contributed by atoms with van der Waals surface area (Å²) in [5.41, 5.74) is 0. The molecule has 3 aliphatic carbocycles. The summed E-state index contributed by atoms with van der Waals surface area (Å²) in [6.07, 6.45) is 45.8. The molecule has 38 heavy (non-hydrogen) atoms. The largest absolute Gasteiger partial charge is 0.478 e. The molecule has 0 aliphatic heterocycles.